The molecule has 12 heteroatoms. The van der Waals surface area contributed by atoms with Crippen molar-refractivity contribution in [3.8, 4) is 23.1 Å². The number of pyridine rings is 1. The normalized spacial score (nSPS) is 15.0. The number of nitriles is 1. The number of rotatable bonds is 8. The second-order valence-corrected chi connectivity index (χ2v) is 9.08. The molecule has 1 aliphatic rings. The Labute approximate surface area is 212 Å². The lowest BCUT2D eigenvalue weighted by Crippen LogP contribution is -2.51. The van der Waals surface area contributed by atoms with Crippen LogP contribution in [0.15, 0.2) is 24.3 Å². The van der Waals surface area contributed by atoms with Crippen molar-refractivity contribution in [3.05, 3.63) is 41.3 Å². The van der Waals surface area contributed by atoms with Gasteiger partial charge in [-0.3, -0.25) is 9.69 Å². The van der Waals surface area contributed by atoms with Crippen LogP contribution in [0.1, 0.15) is 24.0 Å². The number of ether oxygens (including phenoxy) is 1. The smallest absolute Gasteiger partial charge is 0.419 e. The second-order valence-electron chi connectivity index (χ2n) is 9.08. The maximum atomic E-state index is 13.6. The van der Waals surface area contributed by atoms with Gasteiger partial charge in [-0.15, -0.1) is 0 Å². The van der Waals surface area contributed by atoms with E-state index in [-0.39, 0.29) is 41.8 Å². The largest absolute Gasteiger partial charge is 0.493 e. The van der Waals surface area contributed by atoms with Gasteiger partial charge in [0.1, 0.15) is 23.2 Å². The van der Waals surface area contributed by atoms with Gasteiger partial charge in [-0.05, 0) is 45.3 Å². The summed E-state index contributed by atoms with van der Waals surface area (Å²) in [5, 5.41) is 9.66. The van der Waals surface area contributed by atoms with E-state index in [2.05, 4.69) is 15.0 Å². The van der Waals surface area contributed by atoms with Crippen molar-refractivity contribution < 1.29 is 22.7 Å². The van der Waals surface area contributed by atoms with Crippen LogP contribution >= 0.6 is 0 Å². The van der Waals surface area contributed by atoms with Crippen molar-refractivity contribution in [1.82, 2.24) is 29.7 Å². The Bertz CT molecular complexity index is 1330. The van der Waals surface area contributed by atoms with Crippen LogP contribution in [-0.2, 0) is 17.5 Å². The summed E-state index contributed by atoms with van der Waals surface area (Å²) in [4.78, 5) is 30.3. The van der Waals surface area contributed by atoms with Crippen molar-refractivity contribution in [2.45, 2.75) is 19.6 Å². The number of nitrogens with zero attached hydrogens (tertiary/aromatic N) is 6. The van der Waals surface area contributed by atoms with Gasteiger partial charge < -0.3 is 19.5 Å². The van der Waals surface area contributed by atoms with Crippen LogP contribution < -0.4 is 4.74 Å². The summed E-state index contributed by atoms with van der Waals surface area (Å²) in [5.74, 6) is 0.324. The van der Waals surface area contributed by atoms with Crippen LogP contribution in [0, 0.1) is 11.3 Å². The summed E-state index contributed by atoms with van der Waals surface area (Å²) < 4.78 is 46.0. The van der Waals surface area contributed by atoms with Crippen molar-refractivity contribution in [2.24, 2.45) is 0 Å². The molecule has 1 aliphatic heterocycles. The molecule has 0 bridgehead atoms. The number of fused-ring (bicyclic) bond motifs is 1. The molecule has 1 N–H and O–H groups in total. The van der Waals surface area contributed by atoms with Crippen molar-refractivity contribution in [3.63, 3.8) is 0 Å². The first-order valence-corrected chi connectivity index (χ1v) is 11.9. The van der Waals surface area contributed by atoms with Gasteiger partial charge >= 0.3 is 6.18 Å². The van der Waals surface area contributed by atoms with Crippen LogP contribution in [-0.4, -0.2) is 89.0 Å². The van der Waals surface area contributed by atoms with E-state index in [0.717, 1.165) is 12.6 Å². The highest BCUT2D eigenvalue weighted by molar-refractivity contribution is 5.84. The van der Waals surface area contributed by atoms with Crippen molar-refractivity contribution in [2.75, 3.05) is 53.4 Å². The number of likely N-dealkylation sites (N-methyl/N-ethyl adjacent to an activating group) is 1. The average Bonchev–Trinajstić information content (AvgIpc) is 3.25. The molecule has 0 radical (unpaired) electrons. The fraction of sp³-hybridized carbons (Fsp3) is 0.440. The Morgan fingerprint density at radius 1 is 1.22 bits per heavy atom. The summed E-state index contributed by atoms with van der Waals surface area (Å²) in [6.07, 6.45) is -4.61. The van der Waals surface area contributed by atoms with E-state index in [0.29, 0.717) is 43.0 Å². The van der Waals surface area contributed by atoms with E-state index in [4.69, 9.17) is 4.74 Å². The highest BCUT2D eigenvalue weighted by atomic mass is 19.4. The fourth-order valence-electron chi connectivity index (χ4n) is 4.22. The molecule has 1 amide bonds. The summed E-state index contributed by atoms with van der Waals surface area (Å²) in [6.45, 7) is 5.08. The number of amides is 1. The summed E-state index contributed by atoms with van der Waals surface area (Å²) in [6, 6.07) is 7.28. The molecular formula is C25H28F3N7O2. The standard InChI is InChI=1S/C25H28F3N7O2/c1-4-37-21-6-5-16(11-17(21)25(26,27)28)18-12-19-24(20(13-29)30-18)32-22(31-19)14-34-8-10-35(23(36)15-34)9-7-33(2)3/h5-6,11-12H,4,7-10,14-15H2,1-3H3,(H,31,32). The first-order valence-electron chi connectivity index (χ1n) is 11.9. The Morgan fingerprint density at radius 2 is 2.00 bits per heavy atom. The number of H-pyrrole nitrogens is 1. The average molecular weight is 516 g/mol. The number of imidazole rings is 1. The molecule has 37 heavy (non-hydrogen) atoms. The molecule has 1 fully saturated rings. The third-order valence-electron chi connectivity index (χ3n) is 6.09. The van der Waals surface area contributed by atoms with Crippen molar-refractivity contribution >= 4 is 16.9 Å². The van der Waals surface area contributed by atoms with E-state index >= 15 is 0 Å². The quantitative estimate of drug-likeness (QED) is 0.492. The number of benzene rings is 1. The molecule has 2 aromatic heterocycles. The summed E-state index contributed by atoms with van der Waals surface area (Å²) in [5.41, 5.74) is 0.310. The van der Waals surface area contributed by atoms with Crippen molar-refractivity contribution in [1.29, 1.82) is 5.26 Å². The zero-order chi connectivity index (χ0) is 26.7. The molecule has 3 aromatic rings. The molecular weight excluding hydrogens is 487 g/mol. The SMILES string of the molecule is CCOc1ccc(-c2cc3[nH]c(CN4CCN(CCN(C)C)C(=O)C4)nc3c(C#N)n2)cc1C(F)(F)F. The second kappa shape index (κ2) is 10.7. The summed E-state index contributed by atoms with van der Waals surface area (Å²) in [7, 11) is 3.92. The van der Waals surface area contributed by atoms with Gasteiger partial charge in [-0.1, -0.05) is 0 Å². The van der Waals surface area contributed by atoms with Crippen LogP contribution in [0.5, 0.6) is 5.75 Å². The van der Waals surface area contributed by atoms with E-state index in [1.807, 2.05) is 34.9 Å². The van der Waals surface area contributed by atoms with Gasteiger partial charge in [0.05, 0.1) is 36.5 Å². The fourth-order valence-corrected chi connectivity index (χ4v) is 4.22. The Hall–Kier alpha value is -3.69. The highest BCUT2D eigenvalue weighted by Crippen LogP contribution is 2.39. The number of alkyl halides is 3. The Balaban J connectivity index is 1.58. The number of aromatic amines is 1. The molecule has 3 heterocycles. The molecule has 0 atom stereocenters. The minimum atomic E-state index is -4.61. The van der Waals surface area contributed by atoms with Gasteiger partial charge in [0, 0.05) is 31.7 Å². The zero-order valence-electron chi connectivity index (χ0n) is 20.9. The van der Waals surface area contributed by atoms with E-state index in [1.54, 1.807) is 13.0 Å². The number of hydrogen-bond donors (Lipinski definition) is 1. The van der Waals surface area contributed by atoms with Crippen LogP contribution in [0.25, 0.3) is 22.3 Å². The number of carbonyl (C=O) groups excluding carboxylic acids is 1. The van der Waals surface area contributed by atoms with Gasteiger partial charge in [0.2, 0.25) is 5.91 Å². The molecule has 0 unspecified atom stereocenters. The van der Waals surface area contributed by atoms with Crippen LogP contribution in [0.2, 0.25) is 0 Å². The summed E-state index contributed by atoms with van der Waals surface area (Å²) >= 11 is 0. The topological polar surface area (TPSA) is 101 Å². The van der Waals surface area contributed by atoms with Crippen LogP contribution in [0.4, 0.5) is 13.2 Å². The first kappa shape index (κ1) is 26.4. The number of aromatic nitrogens is 3. The molecule has 9 nitrogen and oxygen atoms in total. The number of hydrogen-bond acceptors (Lipinski definition) is 7. The molecule has 0 aliphatic carbocycles. The highest BCUT2D eigenvalue weighted by Gasteiger charge is 2.35. The number of nitrogens with one attached hydrogen (secondary N) is 1. The lowest BCUT2D eigenvalue weighted by molar-refractivity contribution is -0.139. The lowest BCUT2D eigenvalue weighted by atomic mass is 10.1. The monoisotopic (exact) mass is 515 g/mol. The maximum absolute atomic E-state index is 13.6. The zero-order valence-corrected chi connectivity index (χ0v) is 20.9. The predicted molar refractivity (Wildman–Crippen MR) is 131 cm³/mol. The molecule has 0 spiro atoms. The van der Waals surface area contributed by atoms with Gasteiger partial charge in [0.15, 0.2) is 5.69 Å². The number of halogens is 3. The Kier molecular flexibility index (Phi) is 7.65. The number of carbonyl (C=O) groups is 1. The first-order chi connectivity index (χ1) is 17.6. The minimum absolute atomic E-state index is 0.00187. The Morgan fingerprint density at radius 3 is 2.65 bits per heavy atom. The lowest BCUT2D eigenvalue weighted by Gasteiger charge is -2.34. The van der Waals surface area contributed by atoms with E-state index in [9.17, 15) is 23.2 Å². The van der Waals surface area contributed by atoms with E-state index < -0.39 is 11.7 Å². The molecule has 196 valence electrons. The molecule has 4 rings (SSSR count). The third kappa shape index (κ3) is 6.00. The third-order valence-corrected chi connectivity index (χ3v) is 6.09. The molecule has 1 saturated heterocycles. The number of piperazine rings is 1. The minimum Gasteiger partial charge on any atom is -0.493 e. The molecule has 0 saturated carbocycles. The predicted octanol–water partition coefficient (Wildman–Crippen LogP) is 3.12. The van der Waals surface area contributed by atoms with Gasteiger partial charge in [0.25, 0.3) is 0 Å². The van der Waals surface area contributed by atoms with E-state index in [1.165, 1.54) is 12.1 Å². The van der Waals surface area contributed by atoms with Gasteiger partial charge in [-0.25, -0.2) is 9.97 Å². The maximum Gasteiger partial charge on any atom is 0.419 e. The van der Waals surface area contributed by atoms with Crippen LogP contribution in [0.3, 0.4) is 0 Å². The molecule has 1 aromatic carbocycles. The van der Waals surface area contributed by atoms with Gasteiger partial charge in [-0.2, -0.15) is 18.4 Å².